The van der Waals surface area contributed by atoms with Crippen LogP contribution in [0.3, 0.4) is 0 Å². The number of hydrogen-bond acceptors (Lipinski definition) is 2. The molecule has 0 fully saturated rings. The zero-order valence-electron chi connectivity index (χ0n) is 17.1. The van der Waals surface area contributed by atoms with Gasteiger partial charge in [-0.05, 0) is 36.0 Å². The number of aromatic amines is 1. The van der Waals surface area contributed by atoms with Crippen molar-refractivity contribution in [3.63, 3.8) is 0 Å². The third kappa shape index (κ3) is 5.70. The smallest absolute Gasteiger partial charge is 0.247 e. The van der Waals surface area contributed by atoms with E-state index in [9.17, 15) is 9.59 Å². The van der Waals surface area contributed by atoms with Crippen LogP contribution >= 0.6 is 0 Å². The number of carbonyl (C=O) groups is 2. The maximum atomic E-state index is 12.8. The lowest BCUT2D eigenvalue weighted by atomic mass is 10.0. The fourth-order valence-corrected chi connectivity index (χ4v) is 3.47. The second kappa shape index (κ2) is 9.92. The zero-order chi connectivity index (χ0) is 20.6. The van der Waals surface area contributed by atoms with E-state index in [1.807, 2.05) is 62.5 Å². The number of rotatable bonds is 9. The normalized spacial score (nSPS) is 12.1. The van der Waals surface area contributed by atoms with Gasteiger partial charge in [0.1, 0.15) is 6.04 Å². The van der Waals surface area contributed by atoms with Crippen LogP contribution in [0.1, 0.15) is 43.9 Å². The van der Waals surface area contributed by atoms with Gasteiger partial charge in [0, 0.05) is 30.1 Å². The fraction of sp³-hybridized carbons (Fsp3) is 0.333. The number of fused-ring (bicyclic) bond motifs is 1. The molecule has 2 aromatic carbocycles. The topological polar surface area (TPSA) is 74.0 Å². The Bertz CT molecular complexity index is 947. The number of benzene rings is 2. The zero-order valence-corrected chi connectivity index (χ0v) is 17.1. The lowest BCUT2D eigenvalue weighted by Crippen LogP contribution is -2.41. The molecule has 0 aliphatic carbocycles. The van der Waals surface area contributed by atoms with E-state index >= 15 is 0 Å². The minimum atomic E-state index is -0.671. The number of aromatic nitrogens is 1. The molecule has 0 radical (unpaired) electrons. The van der Waals surface area contributed by atoms with Gasteiger partial charge in [-0.15, -0.1) is 0 Å². The highest BCUT2D eigenvalue weighted by atomic mass is 16.2. The lowest BCUT2D eigenvalue weighted by molar-refractivity contribution is -0.129. The Balaban J connectivity index is 1.57. The van der Waals surface area contributed by atoms with Gasteiger partial charge in [0.15, 0.2) is 0 Å². The van der Waals surface area contributed by atoms with Crippen molar-refractivity contribution in [2.75, 3.05) is 6.54 Å². The molecule has 1 unspecified atom stereocenters. The van der Waals surface area contributed by atoms with Crippen molar-refractivity contribution < 1.29 is 9.59 Å². The van der Waals surface area contributed by atoms with Crippen molar-refractivity contribution in [2.24, 2.45) is 5.92 Å². The van der Waals surface area contributed by atoms with Gasteiger partial charge in [0.25, 0.3) is 0 Å². The Hall–Kier alpha value is -3.08. The molecule has 2 amide bonds. The van der Waals surface area contributed by atoms with Crippen LogP contribution in [-0.4, -0.2) is 23.3 Å². The first-order valence-electron chi connectivity index (χ1n) is 10.2. The molecule has 5 heteroatoms. The molecule has 5 nitrogen and oxygen atoms in total. The Morgan fingerprint density at radius 1 is 1.00 bits per heavy atom. The van der Waals surface area contributed by atoms with Crippen molar-refractivity contribution in [3.05, 3.63) is 71.9 Å². The molecule has 0 aliphatic rings. The number of carbonyl (C=O) groups excluding carboxylic acids is 2. The summed E-state index contributed by atoms with van der Waals surface area (Å²) in [6, 6.07) is 16.9. The van der Waals surface area contributed by atoms with E-state index in [2.05, 4.69) is 27.8 Å². The van der Waals surface area contributed by atoms with Crippen molar-refractivity contribution >= 4 is 22.7 Å². The van der Waals surface area contributed by atoms with E-state index in [0.717, 1.165) is 23.9 Å². The molecule has 3 rings (SSSR count). The predicted octanol–water partition coefficient (Wildman–Crippen LogP) is 4.12. The predicted molar refractivity (Wildman–Crippen MR) is 116 cm³/mol. The summed E-state index contributed by atoms with van der Waals surface area (Å²) < 4.78 is 0. The molecular weight excluding hydrogens is 362 g/mol. The molecule has 0 spiro atoms. The van der Waals surface area contributed by atoms with Crippen LogP contribution in [0.15, 0.2) is 60.8 Å². The van der Waals surface area contributed by atoms with Crippen LogP contribution < -0.4 is 10.6 Å². The minimum absolute atomic E-state index is 0.109. The van der Waals surface area contributed by atoms with E-state index in [0.29, 0.717) is 13.0 Å². The standard InChI is InChI=1S/C24H29N3O2/c1-17(2)15-22(28)27-23(18-9-4-3-5-10-18)24(29)25-14-8-11-19-16-26-21-13-7-6-12-20(19)21/h3-7,9-10,12-13,16-17,23,26H,8,11,14-15H2,1-2H3,(H,25,29)(H,27,28). The average molecular weight is 392 g/mol. The summed E-state index contributed by atoms with van der Waals surface area (Å²) in [5.74, 6) is -0.0410. The summed E-state index contributed by atoms with van der Waals surface area (Å²) in [5, 5.41) is 7.10. The molecule has 29 heavy (non-hydrogen) atoms. The van der Waals surface area contributed by atoms with Gasteiger partial charge in [-0.1, -0.05) is 62.4 Å². The van der Waals surface area contributed by atoms with E-state index in [1.165, 1.54) is 10.9 Å². The summed E-state index contributed by atoms with van der Waals surface area (Å²) in [7, 11) is 0. The highest BCUT2D eigenvalue weighted by Crippen LogP contribution is 2.19. The number of hydrogen-bond donors (Lipinski definition) is 3. The summed E-state index contributed by atoms with van der Waals surface area (Å²) in [5.41, 5.74) is 3.17. The van der Waals surface area contributed by atoms with Gasteiger partial charge in [-0.2, -0.15) is 0 Å². The fourth-order valence-electron chi connectivity index (χ4n) is 3.47. The molecule has 0 aliphatic heterocycles. The van der Waals surface area contributed by atoms with Crippen LogP contribution in [-0.2, 0) is 16.0 Å². The van der Waals surface area contributed by atoms with Crippen molar-refractivity contribution in [1.29, 1.82) is 0 Å². The van der Waals surface area contributed by atoms with Gasteiger partial charge in [0.2, 0.25) is 11.8 Å². The van der Waals surface area contributed by atoms with Gasteiger partial charge >= 0.3 is 0 Å². The van der Waals surface area contributed by atoms with E-state index < -0.39 is 6.04 Å². The number of amides is 2. The van der Waals surface area contributed by atoms with E-state index in [1.54, 1.807) is 0 Å². The number of para-hydroxylation sites is 1. The summed E-state index contributed by atoms with van der Waals surface area (Å²) >= 11 is 0. The third-order valence-electron chi connectivity index (χ3n) is 4.89. The number of H-pyrrole nitrogens is 1. The molecule has 0 bridgehead atoms. The Kier molecular flexibility index (Phi) is 7.06. The second-order valence-corrected chi connectivity index (χ2v) is 7.76. The molecule has 3 N–H and O–H groups in total. The molecule has 1 heterocycles. The maximum Gasteiger partial charge on any atom is 0.247 e. The second-order valence-electron chi connectivity index (χ2n) is 7.76. The van der Waals surface area contributed by atoms with Crippen LogP contribution in [0.4, 0.5) is 0 Å². The quantitative estimate of drug-likeness (QED) is 0.480. The SMILES string of the molecule is CC(C)CC(=O)NC(C(=O)NCCCc1c[nH]c2ccccc12)c1ccccc1. The van der Waals surface area contributed by atoms with E-state index in [4.69, 9.17) is 0 Å². The van der Waals surface area contributed by atoms with Crippen molar-refractivity contribution in [2.45, 2.75) is 39.2 Å². The van der Waals surface area contributed by atoms with Gasteiger partial charge in [-0.25, -0.2) is 0 Å². The highest BCUT2D eigenvalue weighted by molar-refractivity contribution is 5.88. The first kappa shape index (κ1) is 20.6. The first-order valence-corrected chi connectivity index (χ1v) is 10.2. The molecule has 152 valence electrons. The van der Waals surface area contributed by atoms with Crippen LogP contribution in [0.5, 0.6) is 0 Å². The van der Waals surface area contributed by atoms with Crippen LogP contribution in [0.2, 0.25) is 0 Å². The maximum absolute atomic E-state index is 12.8. The molecule has 3 aromatic rings. The highest BCUT2D eigenvalue weighted by Gasteiger charge is 2.22. The largest absolute Gasteiger partial charge is 0.361 e. The van der Waals surface area contributed by atoms with Crippen molar-refractivity contribution in [3.8, 4) is 0 Å². The van der Waals surface area contributed by atoms with Crippen molar-refractivity contribution in [1.82, 2.24) is 15.6 Å². The summed E-state index contributed by atoms with van der Waals surface area (Å²) in [6.45, 7) is 4.53. The van der Waals surface area contributed by atoms with Crippen LogP contribution in [0, 0.1) is 5.92 Å². The summed E-state index contributed by atoms with van der Waals surface area (Å²) in [6.07, 6.45) is 4.14. The Morgan fingerprint density at radius 3 is 2.48 bits per heavy atom. The minimum Gasteiger partial charge on any atom is -0.361 e. The molecule has 0 saturated carbocycles. The Labute approximate surface area is 171 Å². The summed E-state index contributed by atoms with van der Waals surface area (Å²) in [4.78, 5) is 28.3. The van der Waals surface area contributed by atoms with Gasteiger partial charge < -0.3 is 15.6 Å². The first-order chi connectivity index (χ1) is 14.0. The molecule has 1 atom stereocenters. The van der Waals surface area contributed by atoms with Crippen LogP contribution in [0.25, 0.3) is 10.9 Å². The molecular formula is C24H29N3O2. The van der Waals surface area contributed by atoms with E-state index in [-0.39, 0.29) is 17.7 Å². The van der Waals surface area contributed by atoms with Gasteiger partial charge in [0.05, 0.1) is 0 Å². The monoisotopic (exact) mass is 391 g/mol. The van der Waals surface area contributed by atoms with Gasteiger partial charge in [-0.3, -0.25) is 9.59 Å². The third-order valence-corrected chi connectivity index (χ3v) is 4.89. The Morgan fingerprint density at radius 2 is 1.72 bits per heavy atom. The average Bonchev–Trinajstić information content (AvgIpc) is 3.12. The molecule has 0 saturated heterocycles. The number of nitrogens with one attached hydrogen (secondary N) is 3. The number of aryl methyl sites for hydroxylation is 1. The lowest BCUT2D eigenvalue weighted by Gasteiger charge is -2.19. The molecule has 1 aromatic heterocycles.